The summed E-state index contributed by atoms with van der Waals surface area (Å²) < 4.78 is 75.4. The van der Waals surface area contributed by atoms with Crippen LogP contribution in [0.4, 0.5) is 38.1 Å². The molecular formula is C29H33F5N4O3. The van der Waals surface area contributed by atoms with E-state index in [0.717, 1.165) is 12.1 Å². The highest BCUT2D eigenvalue weighted by molar-refractivity contribution is 6.07. The molecule has 1 fully saturated rings. The zero-order chi connectivity index (χ0) is 30.1. The van der Waals surface area contributed by atoms with Crippen molar-refractivity contribution in [3.05, 3.63) is 64.7 Å². The Bertz CT molecular complexity index is 1340. The van der Waals surface area contributed by atoms with Gasteiger partial charge in [0.15, 0.2) is 0 Å². The van der Waals surface area contributed by atoms with E-state index < -0.39 is 40.9 Å². The van der Waals surface area contributed by atoms with Crippen LogP contribution in [0.1, 0.15) is 48.7 Å². The van der Waals surface area contributed by atoms with Gasteiger partial charge in [-0.05, 0) is 70.1 Å². The van der Waals surface area contributed by atoms with Crippen LogP contribution in [-0.4, -0.2) is 73.7 Å². The molecule has 1 atom stereocenters. The van der Waals surface area contributed by atoms with Gasteiger partial charge >= 0.3 is 12.3 Å². The molecule has 0 aromatic heterocycles. The Morgan fingerprint density at radius 2 is 1.80 bits per heavy atom. The second-order valence-electron chi connectivity index (χ2n) is 10.6. The van der Waals surface area contributed by atoms with E-state index in [9.17, 15) is 27.2 Å². The summed E-state index contributed by atoms with van der Waals surface area (Å²) in [7, 11) is 1.96. The van der Waals surface area contributed by atoms with Gasteiger partial charge in [-0.15, -0.1) is 0 Å². The summed E-state index contributed by atoms with van der Waals surface area (Å²) in [6.07, 6.45) is -3.75. The first-order valence-corrected chi connectivity index (χ1v) is 13.4. The lowest BCUT2D eigenvalue weighted by molar-refractivity contribution is -0.138. The smallest absolute Gasteiger partial charge is 0.417 e. The van der Waals surface area contributed by atoms with Crippen molar-refractivity contribution in [2.45, 2.75) is 45.5 Å². The number of nitrogens with one attached hydrogen (secondary N) is 1. The Balaban J connectivity index is 1.71. The first kappa shape index (κ1) is 30.3. The van der Waals surface area contributed by atoms with Gasteiger partial charge in [-0.2, -0.15) is 13.2 Å². The monoisotopic (exact) mass is 580 g/mol. The third-order valence-electron chi connectivity index (χ3n) is 7.32. The highest BCUT2D eigenvalue weighted by atomic mass is 19.4. The standard InChI is InChI=1S/C29H33F5N4O3/c1-17(2)41-28(40)37-9-7-19(8-10-37)22-14-25(26(15-24(22)31)38-12-11-36(4)18(3)16-38)35-27(39)21-6-5-20(30)13-23(21)29(32,33)34/h5-7,13-15,17-18H,8-12,16H2,1-4H3,(H,35,39)/t18-/m0/s1. The summed E-state index contributed by atoms with van der Waals surface area (Å²) in [5.41, 5.74) is -0.952. The summed E-state index contributed by atoms with van der Waals surface area (Å²) in [6, 6.07) is 4.63. The maximum absolute atomic E-state index is 15.6. The molecule has 0 bridgehead atoms. The fraction of sp³-hybridized carbons (Fsp3) is 0.448. The number of hydrogen-bond donors (Lipinski definition) is 1. The van der Waals surface area contributed by atoms with E-state index in [0.29, 0.717) is 37.3 Å². The lowest BCUT2D eigenvalue weighted by Crippen LogP contribution is -2.50. The van der Waals surface area contributed by atoms with Gasteiger partial charge in [-0.3, -0.25) is 4.79 Å². The molecule has 12 heteroatoms. The fourth-order valence-electron chi connectivity index (χ4n) is 4.93. The van der Waals surface area contributed by atoms with E-state index in [2.05, 4.69) is 10.2 Å². The van der Waals surface area contributed by atoms with E-state index in [1.165, 1.54) is 17.0 Å². The molecule has 222 valence electrons. The summed E-state index contributed by atoms with van der Waals surface area (Å²) in [5, 5.41) is 2.54. The van der Waals surface area contributed by atoms with Gasteiger partial charge in [-0.1, -0.05) is 6.08 Å². The summed E-state index contributed by atoms with van der Waals surface area (Å²) in [6.45, 7) is 7.58. The zero-order valence-corrected chi connectivity index (χ0v) is 23.3. The van der Waals surface area contributed by atoms with Crippen molar-refractivity contribution < 1.29 is 36.3 Å². The Kier molecular flexibility index (Phi) is 8.91. The number of hydrogen-bond acceptors (Lipinski definition) is 5. The molecule has 1 saturated heterocycles. The topological polar surface area (TPSA) is 65.1 Å². The highest BCUT2D eigenvalue weighted by Crippen LogP contribution is 2.37. The third kappa shape index (κ3) is 6.98. The first-order valence-electron chi connectivity index (χ1n) is 13.4. The Morgan fingerprint density at radius 3 is 2.41 bits per heavy atom. The number of carbonyl (C=O) groups excluding carboxylic acids is 2. The minimum atomic E-state index is -4.96. The van der Waals surface area contributed by atoms with Gasteiger partial charge in [0.05, 0.1) is 28.6 Å². The number of halogens is 5. The minimum Gasteiger partial charge on any atom is -0.447 e. The van der Waals surface area contributed by atoms with Crippen LogP contribution in [0.3, 0.4) is 0 Å². The molecule has 2 aliphatic rings. The van der Waals surface area contributed by atoms with Gasteiger partial charge < -0.3 is 24.8 Å². The first-order chi connectivity index (χ1) is 19.2. The molecule has 2 aromatic carbocycles. The summed E-state index contributed by atoms with van der Waals surface area (Å²) in [5.74, 6) is -2.79. The van der Waals surface area contributed by atoms with Crippen LogP contribution in [0, 0.1) is 11.6 Å². The van der Waals surface area contributed by atoms with E-state index >= 15 is 4.39 Å². The van der Waals surface area contributed by atoms with Crippen molar-refractivity contribution in [3.8, 4) is 0 Å². The van der Waals surface area contributed by atoms with Gasteiger partial charge in [0.2, 0.25) is 0 Å². The van der Waals surface area contributed by atoms with Crippen molar-refractivity contribution in [2.75, 3.05) is 50.0 Å². The lowest BCUT2D eigenvalue weighted by Gasteiger charge is -2.40. The molecule has 2 amide bonds. The van der Waals surface area contributed by atoms with Gasteiger partial charge in [0, 0.05) is 44.3 Å². The fourth-order valence-corrected chi connectivity index (χ4v) is 4.93. The molecule has 0 saturated carbocycles. The van der Waals surface area contributed by atoms with Crippen molar-refractivity contribution in [1.82, 2.24) is 9.80 Å². The largest absolute Gasteiger partial charge is 0.447 e. The van der Waals surface area contributed by atoms with Crippen LogP contribution < -0.4 is 10.2 Å². The van der Waals surface area contributed by atoms with Crippen molar-refractivity contribution in [2.24, 2.45) is 0 Å². The summed E-state index contributed by atoms with van der Waals surface area (Å²) in [4.78, 5) is 30.9. The average molecular weight is 581 g/mol. The minimum absolute atomic E-state index is 0.0987. The van der Waals surface area contributed by atoms with Crippen LogP contribution in [0.25, 0.3) is 5.57 Å². The van der Waals surface area contributed by atoms with Crippen molar-refractivity contribution >= 4 is 28.9 Å². The average Bonchev–Trinajstić information content (AvgIpc) is 2.90. The van der Waals surface area contributed by atoms with Gasteiger partial charge in [0.1, 0.15) is 11.6 Å². The van der Waals surface area contributed by atoms with E-state index in [1.54, 1.807) is 19.9 Å². The number of carbonyl (C=O) groups is 2. The van der Waals surface area contributed by atoms with Gasteiger partial charge in [-0.25, -0.2) is 13.6 Å². The van der Waals surface area contributed by atoms with Crippen molar-refractivity contribution in [1.29, 1.82) is 0 Å². The molecular weight excluding hydrogens is 547 g/mol. The number of benzene rings is 2. The normalized spacial score (nSPS) is 18.4. The van der Waals surface area contributed by atoms with Crippen molar-refractivity contribution in [3.63, 3.8) is 0 Å². The Hall–Kier alpha value is -3.67. The number of alkyl halides is 3. The molecule has 7 nitrogen and oxygen atoms in total. The second kappa shape index (κ2) is 12.1. The van der Waals surface area contributed by atoms with E-state index in [-0.39, 0.29) is 42.6 Å². The number of rotatable bonds is 5. The number of likely N-dealkylation sites (N-methyl/N-ethyl adjacent to an activating group) is 1. The molecule has 0 radical (unpaired) electrons. The van der Waals surface area contributed by atoms with Crippen LogP contribution in [-0.2, 0) is 10.9 Å². The van der Waals surface area contributed by atoms with E-state index in [1.807, 2.05) is 18.9 Å². The predicted octanol–water partition coefficient (Wildman–Crippen LogP) is 6.01. The molecule has 1 N–H and O–H groups in total. The summed E-state index contributed by atoms with van der Waals surface area (Å²) >= 11 is 0. The molecule has 0 spiro atoms. The molecule has 2 aromatic rings. The van der Waals surface area contributed by atoms with Gasteiger partial charge in [0.25, 0.3) is 5.91 Å². The SMILES string of the molecule is CC(C)OC(=O)N1CC=C(c2cc(NC(=O)c3ccc(F)cc3C(F)(F)F)c(N3CCN(C)[C@@H](C)C3)cc2F)CC1. The number of anilines is 2. The second-order valence-corrected chi connectivity index (χ2v) is 10.6. The number of amides is 2. The maximum atomic E-state index is 15.6. The molecule has 0 unspecified atom stereocenters. The predicted molar refractivity (Wildman–Crippen MR) is 146 cm³/mol. The zero-order valence-electron chi connectivity index (χ0n) is 23.3. The highest BCUT2D eigenvalue weighted by Gasteiger charge is 2.36. The molecule has 0 aliphatic carbocycles. The quantitative estimate of drug-likeness (QED) is 0.439. The van der Waals surface area contributed by atoms with Crippen LogP contribution in [0.15, 0.2) is 36.4 Å². The van der Waals surface area contributed by atoms with Crippen LogP contribution >= 0.6 is 0 Å². The molecule has 41 heavy (non-hydrogen) atoms. The molecule has 2 heterocycles. The van der Waals surface area contributed by atoms with Crippen LogP contribution in [0.2, 0.25) is 0 Å². The third-order valence-corrected chi connectivity index (χ3v) is 7.32. The molecule has 4 rings (SSSR count). The Morgan fingerprint density at radius 1 is 1.07 bits per heavy atom. The van der Waals surface area contributed by atoms with E-state index in [4.69, 9.17) is 4.74 Å². The number of ether oxygens (including phenoxy) is 1. The lowest BCUT2D eigenvalue weighted by atomic mass is 9.97. The number of nitrogens with zero attached hydrogens (tertiary/aromatic N) is 3. The van der Waals surface area contributed by atoms with Crippen LogP contribution in [0.5, 0.6) is 0 Å². The Labute approximate surface area is 235 Å². The maximum Gasteiger partial charge on any atom is 0.417 e. The number of piperazine rings is 1. The molecule has 2 aliphatic heterocycles.